The highest BCUT2D eigenvalue weighted by Crippen LogP contribution is 2.39. The normalized spacial score (nSPS) is 16.6. The Bertz CT molecular complexity index is 1030. The van der Waals surface area contributed by atoms with Crippen LogP contribution in [0.1, 0.15) is 37.3 Å². The summed E-state index contributed by atoms with van der Waals surface area (Å²) in [6, 6.07) is 3.12. The fraction of sp³-hybridized carbons (Fsp3) is 0.375. The summed E-state index contributed by atoms with van der Waals surface area (Å²) >= 11 is 6.13. The van der Waals surface area contributed by atoms with Gasteiger partial charge in [0.15, 0.2) is 5.65 Å². The molecule has 0 N–H and O–H groups in total. The van der Waals surface area contributed by atoms with Crippen molar-refractivity contribution in [1.29, 1.82) is 0 Å². The molecular weight excluding hydrogens is 364 g/mol. The number of fused-ring (bicyclic) bond motifs is 1. The van der Waals surface area contributed by atoms with Crippen molar-refractivity contribution in [2.24, 2.45) is 0 Å². The molecule has 0 amide bonds. The van der Waals surface area contributed by atoms with E-state index < -0.39 is 16.1 Å². The molecule has 0 saturated heterocycles. The van der Waals surface area contributed by atoms with Gasteiger partial charge in [-0.2, -0.15) is 9.40 Å². The van der Waals surface area contributed by atoms with E-state index in [2.05, 4.69) is 10.1 Å². The SMILES string of the molecule is Cc1nn2cc(S(=O)(=O)N(C3CC3)C(C)c3ccco3)cnc2c1Cl. The first kappa shape index (κ1) is 16.6. The van der Waals surface area contributed by atoms with E-state index >= 15 is 0 Å². The number of rotatable bonds is 5. The maximum absolute atomic E-state index is 13.3. The van der Waals surface area contributed by atoms with Gasteiger partial charge in [-0.05, 0) is 38.8 Å². The molecule has 132 valence electrons. The third kappa shape index (κ3) is 2.74. The van der Waals surface area contributed by atoms with Crippen LogP contribution >= 0.6 is 11.6 Å². The molecule has 0 radical (unpaired) electrons. The van der Waals surface area contributed by atoms with Gasteiger partial charge >= 0.3 is 0 Å². The summed E-state index contributed by atoms with van der Waals surface area (Å²) in [6.07, 6.45) is 6.02. The Balaban J connectivity index is 1.78. The summed E-state index contributed by atoms with van der Waals surface area (Å²) in [4.78, 5) is 4.28. The number of hydrogen-bond acceptors (Lipinski definition) is 5. The molecule has 0 bridgehead atoms. The summed E-state index contributed by atoms with van der Waals surface area (Å²) in [5, 5.41) is 4.65. The first-order chi connectivity index (χ1) is 11.9. The Morgan fingerprint density at radius 3 is 2.84 bits per heavy atom. The highest BCUT2D eigenvalue weighted by Gasteiger charge is 2.42. The molecule has 1 aliphatic rings. The lowest BCUT2D eigenvalue weighted by molar-refractivity contribution is 0.292. The molecule has 1 unspecified atom stereocenters. The standard InChI is InChI=1S/C16H17ClN4O3S/c1-10-15(17)16-18-8-13(9-20(16)19-10)25(22,23)21(12-5-6-12)11(2)14-4-3-7-24-14/h3-4,7-9,11-12H,5-6H2,1-2H3. The highest BCUT2D eigenvalue weighted by atomic mass is 35.5. The third-order valence-electron chi connectivity index (χ3n) is 4.37. The molecule has 9 heteroatoms. The number of sulfonamides is 1. The Labute approximate surface area is 150 Å². The summed E-state index contributed by atoms with van der Waals surface area (Å²) in [6.45, 7) is 3.58. The second-order valence-corrected chi connectivity index (χ2v) is 8.44. The molecule has 1 fully saturated rings. The van der Waals surface area contributed by atoms with E-state index in [-0.39, 0.29) is 10.9 Å². The predicted molar refractivity (Wildman–Crippen MR) is 91.9 cm³/mol. The van der Waals surface area contributed by atoms with E-state index in [0.29, 0.717) is 22.1 Å². The van der Waals surface area contributed by atoms with Gasteiger partial charge in [0.2, 0.25) is 10.0 Å². The number of halogens is 1. The molecule has 3 aromatic heterocycles. The summed E-state index contributed by atoms with van der Waals surface area (Å²) < 4.78 is 34.8. The average Bonchev–Trinajstić information content (AvgIpc) is 3.15. The molecule has 25 heavy (non-hydrogen) atoms. The molecule has 0 aliphatic heterocycles. The van der Waals surface area contributed by atoms with Crippen LogP contribution in [0.3, 0.4) is 0 Å². The Kier molecular flexibility index (Phi) is 3.86. The van der Waals surface area contributed by atoms with Crippen molar-refractivity contribution in [2.75, 3.05) is 0 Å². The molecule has 1 aliphatic carbocycles. The van der Waals surface area contributed by atoms with Crippen LogP contribution < -0.4 is 0 Å². The van der Waals surface area contributed by atoms with Crippen LogP contribution in [0.15, 0.2) is 40.1 Å². The van der Waals surface area contributed by atoms with Crippen LogP contribution in [0.5, 0.6) is 0 Å². The van der Waals surface area contributed by atoms with E-state index in [1.54, 1.807) is 25.3 Å². The van der Waals surface area contributed by atoms with E-state index in [0.717, 1.165) is 12.8 Å². The van der Waals surface area contributed by atoms with E-state index in [1.807, 2.05) is 6.92 Å². The van der Waals surface area contributed by atoms with Gasteiger partial charge in [-0.3, -0.25) is 0 Å². The maximum atomic E-state index is 13.3. The molecule has 3 heterocycles. The molecule has 0 aromatic carbocycles. The number of furan rings is 1. The van der Waals surface area contributed by atoms with Crippen LogP contribution in [0, 0.1) is 6.92 Å². The first-order valence-corrected chi connectivity index (χ1v) is 9.79. The molecule has 3 aromatic rings. The van der Waals surface area contributed by atoms with Crippen LogP contribution in [0.25, 0.3) is 5.65 Å². The van der Waals surface area contributed by atoms with Crippen LogP contribution in [-0.2, 0) is 10.0 Å². The van der Waals surface area contributed by atoms with Crippen molar-refractivity contribution < 1.29 is 12.8 Å². The van der Waals surface area contributed by atoms with Gasteiger partial charge in [-0.15, -0.1) is 0 Å². The van der Waals surface area contributed by atoms with Gasteiger partial charge in [-0.1, -0.05) is 11.6 Å². The lowest BCUT2D eigenvalue weighted by Gasteiger charge is -2.26. The third-order valence-corrected chi connectivity index (χ3v) is 6.79. The quantitative estimate of drug-likeness (QED) is 0.679. The van der Waals surface area contributed by atoms with Gasteiger partial charge in [-0.25, -0.2) is 17.9 Å². The number of aryl methyl sites for hydroxylation is 1. The monoisotopic (exact) mass is 380 g/mol. The van der Waals surface area contributed by atoms with Crippen molar-refractivity contribution in [3.63, 3.8) is 0 Å². The van der Waals surface area contributed by atoms with Gasteiger partial charge in [0, 0.05) is 6.04 Å². The minimum absolute atomic E-state index is 0.0243. The summed E-state index contributed by atoms with van der Waals surface area (Å²) in [7, 11) is -3.75. The van der Waals surface area contributed by atoms with Crippen LogP contribution in [0.4, 0.5) is 0 Å². The topological polar surface area (TPSA) is 80.7 Å². The van der Waals surface area contributed by atoms with Gasteiger partial charge in [0.25, 0.3) is 0 Å². The van der Waals surface area contributed by atoms with Crippen molar-refractivity contribution >= 4 is 27.3 Å². The Morgan fingerprint density at radius 1 is 1.44 bits per heavy atom. The summed E-state index contributed by atoms with van der Waals surface area (Å²) in [5.41, 5.74) is 1.04. The predicted octanol–water partition coefficient (Wildman–Crippen LogP) is 3.20. The Morgan fingerprint density at radius 2 is 2.20 bits per heavy atom. The average molecular weight is 381 g/mol. The smallest absolute Gasteiger partial charge is 0.247 e. The molecule has 1 saturated carbocycles. The van der Waals surface area contributed by atoms with E-state index in [4.69, 9.17) is 16.0 Å². The number of aromatic nitrogens is 3. The van der Waals surface area contributed by atoms with Crippen molar-refractivity contribution in [3.8, 4) is 0 Å². The minimum Gasteiger partial charge on any atom is -0.468 e. The van der Waals surface area contributed by atoms with Gasteiger partial charge < -0.3 is 4.42 Å². The number of nitrogens with zero attached hydrogens (tertiary/aromatic N) is 4. The first-order valence-electron chi connectivity index (χ1n) is 7.97. The van der Waals surface area contributed by atoms with E-state index in [9.17, 15) is 8.42 Å². The summed E-state index contributed by atoms with van der Waals surface area (Å²) in [5.74, 6) is 0.613. The molecule has 0 spiro atoms. The maximum Gasteiger partial charge on any atom is 0.247 e. The zero-order chi connectivity index (χ0) is 17.8. The fourth-order valence-corrected chi connectivity index (χ4v) is 4.92. The van der Waals surface area contributed by atoms with E-state index in [1.165, 1.54) is 21.2 Å². The lowest BCUT2D eigenvalue weighted by atomic mass is 10.2. The van der Waals surface area contributed by atoms with Crippen LogP contribution in [-0.4, -0.2) is 33.4 Å². The molecule has 4 rings (SSSR count). The van der Waals surface area contributed by atoms with Crippen molar-refractivity contribution in [3.05, 3.63) is 47.3 Å². The molecule has 7 nitrogen and oxygen atoms in total. The number of hydrogen-bond donors (Lipinski definition) is 0. The second kappa shape index (κ2) is 5.82. The highest BCUT2D eigenvalue weighted by molar-refractivity contribution is 7.89. The molecular formula is C16H17ClN4O3S. The molecule has 1 atom stereocenters. The zero-order valence-electron chi connectivity index (χ0n) is 13.8. The van der Waals surface area contributed by atoms with Crippen molar-refractivity contribution in [2.45, 2.75) is 43.7 Å². The lowest BCUT2D eigenvalue weighted by Crippen LogP contribution is -2.35. The largest absolute Gasteiger partial charge is 0.468 e. The van der Waals surface area contributed by atoms with Crippen LogP contribution in [0.2, 0.25) is 5.02 Å². The van der Waals surface area contributed by atoms with Gasteiger partial charge in [0.1, 0.15) is 15.7 Å². The Hall–Kier alpha value is -1.90. The minimum atomic E-state index is -3.75. The zero-order valence-corrected chi connectivity index (χ0v) is 15.3. The van der Waals surface area contributed by atoms with Gasteiger partial charge in [0.05, 0.1) is 30.4 Å². The second-order valence-electron chi connectivity index (χ2n) is 6.21. The fourth-order valence-electron chi connectivity index (χ4n) is 2.96. The van der Waals surface area contributed by atoms with Crippen molar-refractivity contribution in [1.82, 2.24) is 18.9 Å².